The minimum absolute atomic E-state index is 0. The third-order valence-corrected chi connectivity index (χ3v) is 5.99. The predicted molar refractivity (Wildman–Crippen MR) is 141 cm³/mol. The first-order valence-electron chi connectivity index (χ1n) is 9.74. The van der Waals surface area contributed by atoms with E-state index in [-0.39, 0.29) is 37.2 Å². The second-order valence-electron chi connectivity index (χ2n) is 7.41. The van der Waals surface area contributed by atoms with Crippen molar-refractivity contribution in [2.75, 3.05) is 18.8 Å². The lowest BCUT2D eigenvalue weighted by Gasteiger charge is -2.22. The molecule has 0 aliphatic carbocycles. The van der Waals surface area contributed by atoms with Crippen molar-refractivity contribution < 1.29 is 0 Å². The highest BCUT2D eigenvalue weighted by molar-refractivity contribution is 9.10. The van der Waals surface area contributed by atoms with Gasteiger partial charge in [0.05, 0.1) is 17.9 Å². The molecule has 170 valence electrons. The van der Waals surface area contributed by atoms with Crippen LogP contribution in [0.3, 0.4) is 0 Å². The van der Waals surface area contributed by atoms with E-state index in [1.165, 1.54) is 0 Å². The van der Waals surface area contributed by atoms with Crippen LogP contribution in [-0.4, -0.2) is 32.8 Å². The summed E-state index contributed by atoms with van der Waals surface area (Å²) < 4.78 is 3.12. The number of nitrogens with one attached hydrogen (secondary N) is 1. The number of pyridine rings is 2. The first-order valence-corrected chi connectivity index (χ1v) is 10.5. The summed E-state index contributed by atoms with van der Waals surface area (Å²) in [4.78, 5) is 9.05. The Hall–Kier alpha value is -1.90. The standard InChI is InChI=1S/C22H21BrN6.3ClH/c23-18-2-1-14-9-21(26-10-15(14)7-18)20-8-16(11-27-22(20)24)17-12-28-29(13-17)19-3-5-25-6-4-19;;;/h1-2,7-13,19,25H,3-6H2,(H2,24,27);3*1H. The molecule has 3 N–H and O–H groups in total. The number of fused-ring (bicyclic) bond motifs is 1. The first kappa shape index (κ1) is 26.4. The zero-order chi connectivity index (χ0) is 19.8. The zero-order valence-electron chi connectivity index (χ0n) is 17.1. The Morgan fingerprint density at radius 1 is 0.906 bits per heavy atom. The van der Waals surface area contributed by atoms with Gasteiger partial charge in [0.2, 0.25) is 0 Å². The summed E-state index contributed by atoms with van der Waals surface area (Å²) in [6.07, 6.45) is 9.90. The number of aromatic nitrogens is 4. The van der Waals surface area contributed by atoms with E-state index in [4.69, 9.17) is 5.73 Å². The van der Waals surface area contributed by atoms with Crippen molar-refractivity contribution in [1.82, 2.24) is 25.1 Å². The molecule has 6 nitrogen and oxygen atoms in total. The van der Waals surface area contributed by atoms with Crippen molar-refractivity contribution in [2.24, 2.45) is 0 Å². The van der Waals surface area contributed by atoms with Gasteiger partial charge >= 0.3 is 0 Å². The average Bonchev–Trinajstić information content (AvgIpc) is 3.25. The molecule has 1 aliphatic rings. The Balaban J connectivity index is 0.00000121. The van der Waals surface area contributed by atoms with Gasteiger partial charge in [0.15, 0.2) is 0 Å². The van der Waals surface area contributed by atoms with Gasteiger partial charge in [-0.15, -0.1) is 37.2 Å². The number of halogens is 4. The molecular weight excluding hydrogens is 535 g/mol. The monoisotopic (exact) mass is 556 g/mol. The summed E-state index contributed by atoms with van der Waals surface area (Å²) in [7, 11) is 0. The van der Waals surface area contributed by atoms with Crippen LogP contribution >= 0.6 is 53.2 Å². The minimum Gasteiger partial charge on any atom is -0.383 e. The maximum Gasteiger partial charge on any atom is 0.132 e. The van der Waals surface area contributed by atoms with Crippen molar-refractivity contribution in [3.8, 4) is 22.4 Å². The molecular formula is C22H24BrCl3N6. The number of anilines is 1. The van der Waals surface area contributed by atoms with Gasteiger partial charge in [0.1, 0.15) is 5.82 Å². The van der Waals surface area contributed by atoms with E-state index in [1.54, 1.807) is 6.20 Å². The minimum atomic E-state index is 0. The molecule has 0 amide bonds. The molecule has 0 unspecified atom stereocenters. The topological polar surface area (TPSA) is 81.6 Å². The van der Waals surface area contributed by atoms with E-state index in [9.17, 15) is 0 Å². The highest BCUT2D eigenvalue weighted by Crippen LogP contribution is 2.31. The van der Waals surface area contributed by atoms with Gasteiger partial charge in [0, 0.05) is 45.1 Å². The van der Waals surface area contributed by atoms with Gasteiger partial charge in [-0.1, -0.05) is 22.0 Å². The molecule has 1 aromatic carbocycles. The molecule has 1 saturated heterocycles. The SMILES string of the molecule is Cl.Cl.Cl.Nc1ncc(-c2cnn(C3CCNCC3)c2)cc1-c1cc2ccc(Br)cc2cn1. The van der Waals surface area contributed by atoms with Crippen LogP contribution in [0.4, 0.5) is 5.82 Å². The van der Waals surface area contributed by atoms with Gasteiger partial charge in [0.25, 0.3) is 0 Å². The van der Waals surface area contributed by atoms with E-state index in [2.05, 4.69) is 71.5 Å². The lowest BCUT2D eigenvalue weighted by Crippen LogP contribution is -2.29. The number of nitrogens with two attached hydrogens (primary N) is 1. The molecule has 4 aromatic rings. The number of piperidine rings is 1. The Bertz CT molecular complexity index is 1190. The fraction of sp³-hybridized carbons (Fsp3) is 0.227. The molecule has 3 aromatic heterocycles. The maximum atomic E-state index is 6.20. The molecule has 5 rings (SSSR count). The summed E-state index contributed by atoms with van der Waals surface area (Å²) >= 11 is 3.50. The summed E-state index contributed by atoms with van der Waals surface area (Å²) in [6.45, 7) is 2.08. The Kier molecular flexibility index (Phi) is 9.30. The highest BCUT2D eigenvalue weighted by atomic mass is 79.9. The van der Waals surface area contributed by atoms with Crippen LogP contribution in [0, 0.1) is 0 Å². The third-order valence-electron chi connectivity index (χ3n) is 5.50. The molecule has 0 spiro atoms. The van der Waals surface area contributed by atoms with Crippen molar-refractivity contribution in [3.63, 3.8) is 0 Å². The maximum absolute atomic E-state index is 6.20. The second-order valence-corrected chi connectivity index (χ2v) is 8.32. The molecule has 10 heteroatoms. The van der Waals surface area contributed by atoms with E-state index >= 15 is 0 Å². The molecule has 1 fully saturated rings. The lowest BCUT2D eigenvalue weighted by atomic mass is 10.0. The molecule has 0 saturated carbocycles. The number of hydrogen-bond acceptors (Lipinski definition) is 5. The van der Waals surface area contributed by atoms with Crippen molar-refractivity contribution >= 4 is 69.7 Å². The van der Waals surface area contributed by atoms with E-state index in [0.717, 1.165) is 63.6 Å². The highest BCUT2D eigenvalue weighted by Gasteiger charge is 2.17. The smallest absolute Gasteiger partial charge is 0.132 e. The number of hydrogen-bond donors (Lipinski definition) is 2. The molecule has 32 heavy (non-hydrogen) atoms. The fourth-order valence-electron chi connectivity index (χ4n) is 3.86. The number of nitrogen functional groups attached to an aromatic ring is 1. The van der Waals surface area contributed by atoms with E-state index < -0.39 is 0 Å². The first-order chi connectivity index (χ1) is 14.2. The Morgan fingerprint density at radius 2 is 1.69 bits per heavy atom. The van der Waals surface area contributed by atoms with E-state index in [0.29, 0.717) is 11.9 Å². The Morgan fingerprint density at radius 3 is 2.47 bits per heavy atom. The molecule has 0 radical (unpaired) electrons. The van der Waals surface area contributed by atoms with Gasteiger partial charge in [-0.2, -0.15) is 5.10 Å². The van der Waals surface area contributed by atoms with E-state index in [1.807, 2.05) is 18.5 Å². The van der Waals surface area contributed by atoms with Gasteiger partial charge in [-0.25, -0.2) is 4.98 Å². The van der Waals surface area contributed by atoms with Crippen LogP contribution in [0.2, 0.25) is 0 Å². The number of benzene rings is 1. The summed E-state index contributed by atoms with van der Waals surface area (Å²) in [5, 5.41) is 10.2. The largest absolute Gasteiger partial charge is 0.383 e. The second kappa shape index (κ2) is 11.3. The number of nitrogens with zero attached hydrogens (tertiary/aromatic N) is 4. The summed E-state index contributed by atoms with van der Waals surface area (Å²) in [5.74, 6) is 0.475. The Labute approximate surface area is 213 Å². The van der Waals surface area contributed by atoms with Gasteiger partial charge in [-0.3, -0.25) is 9.67 Å². The summed E-state index contributed by atoms with van der Waals surface area (Å²) in [6, 6.07) is 10.7. The molecule has 0 bridgehead atoms. The third kappa shape index (κ3) is 5.35. The number of rotatable bonds is 3. The summed E-state index contributed by atoms with van der Waals surface area (Å²) in [5.41, 5.74) is 9.89. The van der Waals surface area contributed by atoms with Gasteiger partial charge in [-0.05, 0) is 55.6 Å². The van der Waals surface area contributed by atoms with Crippen LogP contribution in [0.15, 0.2) is 59.6 Å². The molecule has 0 atom stereocenters. The molecule has 1 aliphatic heterocycles. The van der Waals surface area contributed by atoms with Crippen LogP contribution in [-0.2, 0) is 0 Å². The van der Waals surface area contributed by atoms with Crippen LogP contribution in [0.25, 0.3) is 33.2 Å². The van der Waals surface area contributed by atoms with Crippen LogP contribution < -0.4 is 11.1 Å². The van der Waals surface area contributed by atoms with Crippen molar-refractivity contribution in [3.05, 3.63) is 59.6 Å². The van der Waals surface area contributed by atoms with Gasteiger partial charge < -0.3 is 11.1 Å². The van der Waals surface area contributed by atoms with Crippen LogP contribution in [0.1, 0.15) is 18.9 Å². The lowest BCUT2D eigenvalue weighted by molar-refractivity contribution is 0.343. The van der Waals surface area contributed by atoms with Crippen LogP contribution in [0.5, 0.6) is 0 Å². The normalized spacial score (nSPS) is 13.7. The van der Waals surface area contributed by atoms with Crippen molar-refractivity contribution in [2.45, 2.75) is 18.9 Å². The quantitative estimate of drug-likeness (QED) is 0.337. The average molecular weight is 559 g/mol. The fourth-order valence-corrected chi connectivity index (χ4v) is 4.23. The molecule has 4 heterocycles. The predicted octanol–water partition coefficient (Wildman–Crippen LogP) is 5.69. The zero-order valence-corrected chi connectivity index (χ0v) is 21.1. The van der Waals surface area contributed by atoms with Crippen molar-refractivity contribution in [1.29, 1.82) is 0 Å².